The summed E-state index contributed by atoms with van der Waals surface area (Å²) >= 11 is 1.38. The first-order chi connectivity index (χ1) is 9.10. The van der Waals surface area contributed by atoms with Crippen LogP contribution in [0.3, 0.4) is 0 Å². The maximum atomic E-state index is 11.5. The summed E-state index contributed by atoms with van der Waals surface area (Å²) < 4.78 is 4.72. The minimum Gasteiger partial charge on any atom is -0.465 e. The van der Waals surface area contributed by atoms with E-state index in [1.807, 2.05) is 6.07 Å². The van der Waals surface area contributed by atoms with E-state index in [0.717, 1.165) is 10.9 Å². The molecule has 19 heavy (non-hydrogen) atoms. The number of methoxy groups -OCH3 is 1. The Kier molecular flexibility index (Phi) is 4.69. The van der Waals surface area contributed by atoms with Crippen molar-refractivity contribution in [1.29, 1.82) is 0 Å². The van der Waals surface area contributed by atoms with Crippen molar-refractivity contribution in [2.45, 2.75) is 45.1 Å². The van der Waals surface area contributed by atoms with Gasteiger partial charge in [-0.2, -0.15) is 0 Å². The van der Waals surface area contributed by atoms with Crippen LogP contribution >= 0.6 is 11.3 Å². The van der Waals surface area contributed by atoms with E-state index in [9.17, 15) is 4.79 Å². The van der Waals surface area contributed by atoms with E-state index in [2.05, 4.69) is 12.2 Å². The Morgan fingerprint density at radius 2 is 2.21 bits per heavy atom. The van der Waals surface area contributed by atoms with Crippen molar-refractivity contribution >= 4 is 28.0 Å². The van der Waals surface area contributed by atoms with Gasteiger partial charge in [-0.1, -0.05) is 19.8 Å². The molecule has 0 bridgehead atoms. The first kappa shape index (κ1) is 14.2. The van der Waals surface area contributed by atoms with Crippen LogP contribution in [0.2, 0.25) is 0 Å². The zero-order valence-electron chi connectivity index (χ0n) is 11.6. The second-order valence-electron chi connectivity index (χ2n) is 5.34. The highest BCUT2D eigenvalue weighted by Gasteiger charge is 2.19. The molecule has 4 nitrogen and oxygen atoms in total. The second kappa shape index (κ2) is 6.28. The topological polar surface area (TPSA) is 64.3 Å². The smallest absolute Gasteiger partial charge is 0.350 e. The molecule has 1 aliphatic carbocycles. The lowest BCUT2D eigenvalue weighted by Gasteiger charge is -2.16. The molecular formula is C14H22N2O2S. The maximum absolute atomic E-state index is 11.5. The number of nitrogen functional groups attached to an aromatic ring is 1. The largest absolute Gasteiger partial charge is 0.465 e. The van der Waals surface area contributed by atoms with Gasteiger partial charge in [0, 0.05) is 6.04 Å². The molecule has 0 spiro atoms. The van der Waals surface area contributed by atoms with Crippen LogP contribution in [0.1, 0.15) is 48.7 Å². The normalized spacial score (nSPS) is 23.7. The molecule has 1 heterocycles. The minimum absolute atomic E-state index is 0.356. The Labute approximate surface area is 118 Å². The van der Waals surface area contributed by atoms with Gasteiger partial charge in [0.25, 0.3) is 0 Å². The number of carbonyl (C=O) groups excluding carboxylic acids is 1. The highest BCUT2D eigenvalue weighted by molar-refractivity contribution is 7.18. The molecule has 2 unspecified atom stereocenters. The Bertz CT molecular complexity index is 445. The minimum atomic E-state index is -0.356. The monoisotopic (exact) mass is 282 g/mol. The lowest BCUT2D eigenvalue weighted by molar-refractivity contribution is 0.0607. The van der Waals surface area contributed by atoms with E-state index in [-0.39, 0.29) is 5.97 Å². The highest BCUT2D eigenvalue weighted by Crippen LogP contribution is 2.32. The van der Waals surface area contributed by atoms with Crippen molar-refractivity contribution in [2.75, 3.05) is 18.2 Å². The number of anilines is 2. The zero-order chi connectivity index (χ0) is 13.8. The van der Waals surface area contributed by atoms with Gasteiger partial charge in [-0.15, -0.1) is 11.3 Å². The van der Waals surface area contributed by atoms with Gasteiger partial charge in [-0.25, -0.2) is 4.79 Å². The number of hydrogen-bond donors (Lipinski definition) is 2. The molecule has 0 aliphatic heterocycles. The first-order valence-corrected chi connectivity index (χ1v) is 7.66. The summed E-state index contributed by atoms with van der Waals surface area (Å²) in [7, 11) is 1.38. The summed E-state index contributed by atoms with van der Waals surface area (Å²) in [6, 6.07) is 2.33. The number of esters is 1. The molecule has 0 saturated heterocycles. The summed E-state index contributed by atoms with van der Waals surface area (Å²) in [5, 5.41) is 4.48. The quantitative estimate of drug-likeness (QED) is 0.658. The van der Waals surface area contributed by atoms with Crippen LogP contribution in [0.5, 0.6) is 0 Å². The number of thiophene rings is 1. The van der Waals surface area contributed by atoms with Gasteiger partial charge in [0.05, 0.1) is 17.8 Å². The third kappa shape index (κ3) is 3.62. The molecular weight excluding hydrogens is 260 g/mol. The predicted molar refractivity (Wildman–Crippen MR) is 79.7 cm³/mol. The third-order valence-corrected chi connectivity index (χ3v) is 4.80. The van der Waals surface area contributed by atoms with E-state index >= 15 is 0 Å². The molecule has 1 aliphatic rings. The van der Waals surface area contributed by atoms with E-state index in [1.54, 1.807) is 0 Å². The lowest BCUT2D eigenvalue weighted by Crippen LogP contribution is -2.17. The number of carbonyl (C=O) groups is 1. The number of hydrogen-bond acceptors (Lipinski definition) is 5. The zero-order valence-corrected chi connectivity index (χ0v) is 12.4. The molecule has 0 radical (unpaired) electrons. The molecule has 1 fully saturated rings. The van der Waals surface area contributed by atoms with E-state index in [4.69, 9.17) is 10.5 Å². The Hall–Kier alpha value is -1.23. The standard InChI is InChI=1S/C14H22N2O2S/c1-9-4-3-5-10(7-6-9)16-12-8-11(15)13(19-12)14(17)18-2/h8-10,16H,3-7,15H2,1-2H3. The fraction of sp³-hybridized carbons (Fsp3) is 0.643. The first-order valence-electron chi connectivity index (χ1n) is 6.84. The van der Waals surface area contributed by atoms with Crippen LogP contribution in [0.4, 0.5) is 10.7 Å². The predicted octanol–water partition coefficient (Wildman–Crippen LogP) is 3.50. The van der Waals surface area contributed by atoms with Gasteiger partial charge in [0.15, 0.2) is 0 Å². The molecule has 1 saturated carbocycles. The summed E-state index contributed by atoms with van der Waals surface area (Å²) in [5.74, 6) is 0.468. The van der Waals surface area contributed by atoms with Crippen LogP contribution in [0.15, 0.2) is 6.07 Å². The number of ether oxygens (including phenoxy) is 1. The van der Waals surface area contributed by atoms with Crippen molar-refractivity contribution in [2.24, 2.45) is 5.92 Å². The van der Waals surface area contributed by atoms with Gasteiger partial charge >= 0.3 is 5.97 Å². The third-order valence-electron chi connectivity index (χ3n) is 3.74. The molecule has 0 aromatic carbocycles. The van der Waals surface area contributed by atoms with Crippen LogP contribution < -0.4 is 11.1 Å². The molecule has 1 aromatic heterocycles. The average molecular weight is 282 g/mol. The summed E-state index contributed by atoms with van der Waals surface area (Å²) in [6.45, 7) is 2.32. The Morgan fingerprint density at radius 1 is 1.42 bits per heavy atom. The molecule has 1 aromatic rings. The van der Waals surface area contributed by atoms with E-state index < -0.39 is 0 Å². The fourth-order valence-electron chi connectivity index (χ4n) is 2.56. The molecule has 2 rings (SSSR count). The van der Waals surface area contributed by atoms with E-state index in [0.29, 0.717) is 16.6 Å². The van der Waals surface area contributed by atoms with Crippen molar-refractivity contribution in [3.63, 3.8) is 0 Å². The number of nitrogens with two attached hydrogens (primary N) is 1. The second-order valence-corrected chi connectivity index (χ2v) is 6.39. The molecule has 0 amide bonds. The van der Waals surface area contributed by atoms with Crippen LogP contribution in [0, 0.1) is 5.92 Å². The van der Waals surface area contributed by atoms with Gasteiger partial charge in [0.2, 0.25) is 0 Å². The number of nitrogens with one attached hydrogen (secondary N) is 1. The Morgan fingerprint density at radius 3 is 2.95 bits per heavy atom. The summed E-state index contributed by atoms with van der Waals surface area (Å²) in [4.78, 5) is 12.0. The molecule has 2 atom stereocenters. The fourth-order valence-corrected chi connectivity index (χ4v) is 3.54. The van der Waals surface area contributed by atoms with Crippen molar-refractivity contribution < 1.29 is 9.53 Å². The van der Waals surface area contributed by atoms with Gasteiger partial charge in [-0.05, 0) is 31.2 Å². The molecule has 106 valence electrons. The van der Waals surface area contributed by atoms with Gasteiger partial charge in [-0.3, -0.25) is 0 Å². The highest BCUT2D eigenvalue weighted by atomic mass is 32.1. The molecule has 5 heteroatoms. The van der Waals surface area contributed by atoms with Crippen LogP contribution in [0.25, 0.3) is 0 Å². The average Bonchev–Trinajstić information content (AvgIpc) is 2.62. The maximum Gasteiger partial charge on any atom is 0.350 e. The number of rotatable bonds is 3. The molecule has 3 N–H and O–H groups in total. The van der Waals surface area contributed by atoms with Crippen LogP contribution in [-0.2, 0) is 4.74 Å². The van der Waals surface area contributed by atoms with Crippen molar-refractivity contribution in [1.82, 2.24) is 0 Å². The summed E-state index contributed by atoms with van der Waals surface area (Å²) in [6.07, 6.45) is 6.23. The van der Waals surface area contributed by atoms with Gasteiger partial charge in [0.1, 0.15) is 4.88 Å². The van der Waals surface area contributed by atoms with Crippen molar-refractivity contribution in [3.05, 3.63) is 10.9 Å². The Balaban J connectivity index is 2.01. The van der Waals surface area contributed by atoms with E-state index in [1.165, 1.54) is 50.6 Å². The SMILES string of the molecule is COC(=O)c1sc(NC2CCCC(C)CC2)cc1N. The van der Waals surface area contributed by atoms with Gasteiger partial charge < -0.3 is 15.8 Å². The lowest BCUT2D eigenvalue weighted by atomic mass is 10.0. The van der Waals surface area contributed by atoms with Crippen molar-refractivity contribution in [3.8, 4) is 0 Å². The summed E-state index contributed by atoms with van der Waals surface area (Å²) in [5.41, 5.74) is 6.35. The van der Waals surface area contributed by atoms with Crippen LogP contribution in [-0.4, -0.2) is 19.1 Å².